The first-order chi connectivity index (χ1) is 13.5. The van der Waals surface area contributed by atoms with E-state index in [0.717, 1.165) is 39.2 Å². The Labute approximate surface area is 167 Å². The monoisotopic (exact) mass is 384 g/mol. The molecule has 0 N–H and O–H groups in total. The zero-order valence-electron chi connectivity index (χ0n) is 16.3. The molecule has 0 saturated carbocycles. The van der Waals surface area contributed by atoms with Crippen LogP contribution in [0.5, 0.6) is 0 Å². The number of aromatic nitrogens is 2. The lowest BCUT2D eigenvalue weighted by molar-refractivity contribution is 0.0973. The van der Waals surface area contributed by atoms with Gasteiger partial charge >= 0.3 is 0 Å². The number of hydrogen-bond acceptors (Lipinski definition) is 3. The highest BCUT2D eigenvalue weighted by atomic mass is 32.1. The Morgan fingerprint density at radius 3 is 2.46 bits per heavy atom. The molecule has 0 radical (unpaired) electrons. The molecule has 0 aliphatic carbocycles. The third-order valence-electron chi connectivity index (χ3n) is 5.47. The second-order valence-corrected chi connectivity index (χ2v) is 8.73. The van der Waals surface area contributed by atoms with E-state index in [4.69, 9.17) is 4.98 Å². The van der Waals surface area contributed by atoms with Gasteiger partial charge in [0.2, 0.25) is 0 Å². The molecule has 0 spiro atoms. The van der Waals surface area contributed by atoms with E-state index in [-0.39, 0.29) is 5.91 Å². The number of benzene rings is 2. The Balaban J connectivity index is 1.85. The maximum Gasteiger partial charge on any atom is 0.265 e. The van der Waals surface area contributed by atoms with Crippen molar-refractivity contribution in [2.75, 3.05) is 0 Å². The minimum Gasteiger partial charge on any atom is -0.268 e. The fourth-order valence-corrected chi connectivity index (χ4v) is 5.43. The number of nitrogens with zero attached hydrogens (tertiary/aromatic N) is 2. The number of para-hydroxylation sites is 2. The summed E-state index contributed by atoms with van der Waals surface area (Å²) in [6.45, 7) is 8.33. The molecule has 0 bridgehead atoms. The van der Waals surface area contributed by atoms with Crippen LogP contribution in [0.15, 0.2) is 59.7 Å². The van der Waals surface area contributed by atoms with Crippen LogP contribution in [0.2, 0.25) is 0 Å². The van der Waals surface area contributed by atoms with Gasteiger partial charge in [-0.1, -0.05) is 35.9 Å². The van der Waals surface area contributed by atoms with Crippen LogP contribution in [0.1, 0.15) is 41.8 Å². The van der Waals surface area contributed by atoms with E-state index < -0.39 is 0 Å². The molecular formula is C24H20N2OS. The highest BCUT2D eigenvalue weighted by molar-refractivity contribution is 7.19. The van der Waals surface area contributed by atoms with Crippen LogP contribution in [-0.2, 0) is 0 Å². The molecule has 2 aromatic heterocycles. The predicted molar refractivity (Wildman–Crippen MR) is 118 cm³/mol. The number of imidazole rings is 1. The van der Waals surface area contributed by atoms with Crippen molar-refractivity contribution in [3.05, 3.63) is 75.9 Å². The van der Waals surface area contributed by atoms with Gasteiger partial charge in [-0.25, -0.2) is 4.98 Å². The van der Waals surface area contributed by atoms with Crippen molar-refractivity contribution in [1.29, 1.82) is 0 Å². The summed E-state index contributed by atoms with van der Waals surface area (Å²) < 4.78 is 3.03. The van der Waals surface area contributed by atoms with Crippen molar-refractivity contribution in [2.45, 2.75) is 27.7 Å². The van der Waals surface area contributed by atoms with Gasteiger partial charge in [-0.3, -0.25) is 9.36 Å². The van der Waals surface area contributed by atoms with E-state index in [1.165, 1.54) is 20.5 Å². The Morgan fingerprint density at radius 1 is 0.964 bits per heavy atom. The summed E-state index contributed by atoms with van der Waals surface area (Å²) in [5.41, 5.74) is 6.79. The van der Waals surface area contributed by atoms with Crippen molar-refractivity contribution in [1.82, 2.24) is 9.55 Å². The van der Waals surface area contributed by atoms with Gasteiger partial charge in [0.25, 0.3) is 5.91 Å². The summed E-state index contributed by atoms with van der Waals surface area (Å²) in [7, 11) is 0. The second-order valence-electron chi connectivity index (χ2n) is 7.47. The molecule has 3 nitrogen and oxygen atoms in total. The number of aryl methyl sites for hydroxylation is 1. The summed E-state index contributed by atoms with van der Waals surface area (Å²) in [6.07, 6.45) is 0. The number of carbonyl (C=O) groups excluding carboxylic acids is 1. The third-order valence-corrected chi connectivity index (χ3v) is 6.56. The van der Waals surface area contributed by atoms with Crippen LogP contribution in [0, 0.1) is 6.92 Å². The number of hydrogen-bond donors (Lipinski definition) is 0. The smallest absolute Gasteiger partial charge is 0.265 e. The largest absolute Gasteiger partial charge is 0.268 e. The average Bonchev–Trinajstić information content (AvgIpc) is 3.29. The molecule has 0 atom stereocenters. The van der Waals surface area contributed by atoms with Crippen molar-refractivity contribution in [2.24, 2.45) is 0 Å². The van der Waals surface area contributed by atoms with Crippen molar-refractivity contribution in [3.63, 3.8) is 0 Å². The Hall–Kier alpha value is -2.98. The Morgan fingerprint density at radius 2 is 1.68 bits per heavy atom. The normalized spacial score (nSPS) is 15.6. The number of carbonyl (C=O) groups is 1. The zero-order valence-corrected chi connectivity index (χ0v) is 17.1. The molecule has 0 amide bonds. The van der Waals surface area contributed by atoms with E-state index in [2.05, 4.69) is 52.0 Å². The highest BCUT2D eigenvalue weighted by Gasteiger charge is 2.36. The summed E-state index contributed by atoms with van der Waals surface area (Å²) in [6, 6.07) is 16.3. The standard InChI is InChI=1S/C24H20N2OS/c1-13(2)20-22(14(3)21-15(4)28-19-12-8-5-9-16(19)21)24(27)26-18-11-7-6-10-17(18)25-23(20)26/h5-12H,1-4H3/b22-14-. The molecule has 1 aliphatic rings. The molecule has 3 heterocycles. The van der Waals surface area contributed by atoms with Gasteiger partial charge < -0.3 is 0 Å². The van der Waals surface area contributed by atoms with Gasteiger partial charge in [0.1, 0.15) is 5.82 Å². The second kappa shape index (κ2) is 6.01. The third kappa shape index (κ3) is 2.21. The fourth-order valence-electron chi connectivity index (χ4n) is 4.31. The molecule has 0 unspecified atom stereocenters. The van der Waals surface area contributed by atoms with E-state index in [1.807, 2.05) is 24.3 Å². The van der Waals surface area contributed by atoms with E-state index in [9.17, 15) is 4.79 Å². The maximum atomic E-state index is 13.6. The van der Waals surface area contributed by atoms with Crippen LogP contribution in [0.3, 0.4) is 0 Å². The van der Waals surface area contributed by atoms with Crippen LogP contribution < -0.4 is 0 Å². The van der Waals surface area contributed by atoms with Crippen LogP contribution in [-0.4, -0.2) is 15.5 Å². The van der Waals surface area contributed by atoms with Crippen molar-refractivity contribution < 1.29 is 4.79 Å². The minimum atomic E-state index is 0.0204. The lowest BCUT2D eigenvalue weighted by atomic mass is 9.93. The first-order valence-corrected chi connectivity index (χ1v) is 10.2. The molecule has 2 aromatic carbocycles. The van der Waals surface area contributed by atoms with Crippen LogP contribution in [0.4, 0.5) is 0 Å². The summed E-state index contributed by atoms with van der Waals surface area (Å²) in [5, 5.41) is 1.21. The lowest BCUT2D eigenvalue weighted by Gasteiger charge is -2.09. The molecule has 0 saturated heterocycles. The average molecular weight is 385 g/mol. The molecule has 4 heteroatoms. The molecule has 1 aliphatic heterocycles. The first-order valence-electron chi connectivity index (χ1n) is 9.39. The molecule has 28 heavy (non-hydrogen) atoms. The summed E-state index contributed by atoms with van der Waals surface area (Å²) in [4.78, 5) is 19.6. The quantitative estimate of drug-likeness (QED) is 0.352. The van der Waals surface area contributed by atoms with Gasteiger partial charge in [0, 0.05) is 20.5 Å². The van der Waals surface area contributed by atoms with Crippen LogP contribution in [0.25, 0.3) is 32.3 Å². The molecule has 4 aromatic rings. The van der Waals surface area contributed by atoms with Gasteiger partial charge in [0.15, 0.2) is 0 Å². The van der Waals surface area contributed by atoms with Gasteiger partial charge in [0.05, 0.1) is 16.6 Å². The van der Waals surface area contributed by atoms with E-state index in [1.54, 1.807) is 15.9 Å². The lowest BCUT2D eigenvalue weighted by Crippen LogP contribution is -2.07. The van der Waals surface area contributed by atoms with Crippen molar-refractivity contribution in [3.8, 4) is 0 Å². The Kier molecular flexibility index (Phi) is 3.68. The molecule has 5 rings (SSSR count). The summed E-state index contributed by atoms with van der Waals surface area (Å²) in [5.74, 6) is 0.782. The number of allylic oxidation sites excluding steroid dienone is 4. The zero-order chi connectivity index (χ0) is 19.6. The SMILES string of the molecule is CC(C)=C1/C(=C(\C)c2c(C)sc3ccccc23)C(=O)n2c1nc1ccccc12. The Bertz CT molecular complexity index is 1360. The predicted octanol–water partition coefficient (Wildman–Crippen LogP) is 6.48. The number of thiophene rings is 1. The maximum absolute atomic E-state index is 13.6. The van der Waals surface area contributed by atoms with Gasteiger partial charge in [-0.05, 0) is 57.0 Å². The fraction of sp³-hybridized carbons (Fsp3) is 0.167. The van der Waals surface area contributed by atoms with Crippen LogP contribution >= 0.6 is 11.3 Å². The topological polar surface area (TPSA) is 34.9 Å². The summed E-state index contributed by atoms with van der Waals surface area (Å²) >= 11 is 1.78. The van der Waals surface area contributed by atoms with E-state index in [0.29, 0.717) is 0 Å². The molecular weight excluding hydrogens is 364 g/mol. The first kappa shape index (κ1) is 17.1. The number of rotatable bonds is 1. The van der Waals surface area contributed by atoms with E-state index >= 15 is 0 Å². The molecule has 0 fully saturated rings. The number of fused-ring (bicyclic) bond motifs is 4. The van der Waals surface area contributed by atoms with Gasteiger partial charge in [-0.15, -0.1) is 11.3 Å². The molecule has 138 valence electrons. The minimum absolute atomic E-state index is 0.0204. The van der Waals surface area contributed by atoms with Gasteiger partial charge in [-0.2, -0.15) is 0 Å². The highest BCUT2D eigenvalue weighted by Crippen LogP contribution is 2.44. The van der Waals surface area contributed by atoms with Crippen molar-refractivity contribution >= 4 is 49.5 Å².